The molecule has 2 N–H and O–H groups in total. The number of rotatable bonds is 7. The molecular weight excluding hydrogens is 394 g/mol. The fraction of sp³-hybridized carbons (Fsp3) is 0.0952. The van der Waals surface area contributed by atoms with E-state index >= 15 is 0 Å². The number of ether oxygens (including phenoxy) is 2. The highest BCUT2D eigenvalue weighted by Gasteiger charge is 2.04. The summed E-state index contributed by atoms with van der Waals surface area (Å²) in [5.74, 6) is -0.273. The fourth-order valence-electron chi connectivity index (χ4n) is 2.47. The Morgan fingerprint density at radius 2 is 1.90 bits per heavy atom. The summed E-state index contributed by atoms with van der Waals surface area (Å²) < 4.78 is 11.0. The number of methoxy groups -OCH3 is 1. The maximum atomic E-state index is 12.4. The number of nitrogens with one attached hydrogen (secondary N) is 1. The molecule has 0 saturated carbocycles. The van der Waals surface area contributed by atoms with Gasteiger partial charge in [0.05, 0.1) is 16.3 Å². The molecule has 0 aliphatic heterocycles. The van der Waals surface area contributed by atoms with Gasteiger partial charge in [-0.15, -0.1) is 11.3 Å². The predicted octanol–water partition coefficient (Wildman–Crippen LogP) is 1.40. The van der Waals surface area contributed by atoms with Crippen LogP contribution in [0.2, 0.25) is 0 Å². The van der Waals surface area contributed by atoms with E-state index in [0.29, 0.717) is 31.8 Å². The Bertz CT molecular complexity index is 1210. The molecule has 0 bridgehead atoms. The lowest BCUT2D eigenvalue weighted by Gasteiger charge is -2.03. The average molecular weight is 411 g/mol. The first-order valence-electron chi connectivity index (χ1n) is 8.50. The van der Waals surface area contributed by atoms with Gasteiger partial charge in [-0.25, -0.2) is 4.79 Å². The summed E-state index contributed by atoms with van der Waals surface area (Å²) in [5.41, 5.74) is 0.836. The first-order chi connectivity index (χ1) is 13.9. The molecule has 0 unspecified atom stereocenters. The second-order valence-corrected chi connectivity index (χ2v) is 7.00. The van der Waals surface area contributed by atoms with Gasteiger partial charge in [-0.05, 0) is 48.0 Å². The number of carbonyl (C=O) groups excluding carboxylic acids is 1. The number of Topliss-reactive ketones (excluding diaryl/α,β-unsaturated/α-hetero) is 1. The van der Waals surface area contributed by atoms with E-state index < -0.39 is 12.6 Å². The molecule has 0 radical (unpaired) electrons. The van der Waals surface area contributed by atoms with Gasteiger partial charge >= 0.3 is 5.97 Å². The van der Waals surface area contributed by atoms with E-state index in [1.54, 1.807) is 61.7 Å². The van der Waals surface area contributed by atoms with Crippen LogP contribution in [0, 0.1) is 0 Å². The topological polar surface area (TPSA) is 106 Å². The highest BCUT2D eigenvalue weighted by Crippen LogP contribution is 2.14. The Morgan fingerprint density at radius 3 is 2.59 bits per heavy atom. The highest BCUT2D eigenvalue weighted by molar-refractivity contribution is 7.07. The maximum Gasteiger partial charge on any atom is 0.341 e. The summed E-state index contributed by atoms with van der Waals surface area (Å²) in [6.07, 6.45) is 3.02. The largest absolute Gasteiger partial charge is 0.497 e. The zero-order chi connectivity index (χ0) is 20.8. The van der Waals surface area contributed by atoms with Crippen molar-refractivity contribution in [3.05, 3.63) is 79.2 Å². The molecule has 0 fully saturated rings. The number of hydrogen-bond acceptors (Lipinski definition) is 6. The van der Waals surface area contributed by atoms with Gasteiger partial charge in [-0.2, -0.15) is 0 Å². The lowest BCUT2D eigenvalue weighted by atomic mass is 10.1. The molecule has 0 aliphatic rings. The molecule has 0 amide bonds. The molecule has 3 rings (SSSR count). The molecule has 0 aliphatic carbocycles. The second-order valence-electron chi connectivity index (χ2n) is 5.92. The average Bonchev–Trinajstić information content (AvgIpc) is 3.05. The van der Waals surface area contributed by atoms with E-state index in [1.807, 2.05) is 0 Å². The van der Waals surface area contributed by atoms with Crippen molar-refractivity contribution in [3.8, 4) is 11.5 Å². The van der Waals surface area contributed by atoms with Crippen LogP contribution in [-0.4, -0.2) is 35.6 Å². The standard InChI is InChI=1S/C21H17NO6S/c1-27-15-7-5-14(6-8-15)17(23)11-19-22-21(26)18(29-19)10-13-3-2-4-16(9-13)28-12-20(24)25/h2-11H,12H2,1H3,(H,22,26)(H,24,25)/b18-10+,19-11-. The minimum atomic E-state index is -1.07. The molecule has 2 aromatic carbocycles. The fourth-order valence-corrected chi connectivity index (χ4v) is 3.36. The van der Waals surface area contributed by atoms with Crippen LogP contribution >= 0.6 is 11.3 Å². The van der Waals surface area contributed by atoms with Crippen molar-refractivity contribution in [2.24, 2.45) is 0 Å². The molecule has 0 atom stereocenters. The molecule has 1 heterocycles. The van der Waals surface area contributed by atoms with E-state index in [4.69, 9.17) is 14.6 Å². The van der Waals surface area contributed by atoms with Crippen LogP contribution in [0.1, 0.15) is 15.9 Å². The second kappa shape index (κ2) is 9.03. The van der Waals surface area contributed by atoms with Gasteiger partial charge in [-0.1, -0.05) is 12.1 Å². The number of thiazole rings is 1. The quantitative estimate of drug-likeness (QED) is 0.570. The molecule has 8 heteroatoms. The number of aromatic nitrogens is 1. The van der Waals surface area contributed by atoms with Crippen LogP contribution < -0.4 is 24.2 Å². The van der Waals surface area contributed by atoms with Gasteiger partial charge in [0.2, 0.25) is 0 Å². The molecule has 148 valence electrons. The SMILES string of the molecule is COc1ccc(C(=O)/C=c2/[nH]c(=O)/c(=C\c3cccc(OCC(=O)O)c3)s2)cc1. The van der Waals surface area contributed by atoms with Crippen molar-refractivity contribution < 1.29 is 24.2 Å². The third kappa shape index (κ3) is 5.43. The van der Waals surface area contributed by atoms with E-state index in [2.05, 4.69) is 4.98 Å². The number of carbonyl (C=O) groups is 2. The summed E-state index contributed by atoms with van der Waals surface area (Å²) in [6.45, 7) is -0.449. The van der Waals surface area contributed by atoms with Crippen molar-refractivity contribution >= 4 is 35.2 Å². The summed E-state index contributed by atoms with van der Waals surface area (Å²) >= 11 is 1.15. The zero-order valence-electron chi connectivity index (χ0n) is 15.4. The molecule has 29 heavy (non-hydrogen) atoms. The van der Waals surface area contributed by atoms with E-state index in [-0.39, 0.29) is 11.3 Å². The molecule has 0 spiro atoms. The third-order valence-corrected chi connectivity index (χ3v) is 4.80. The lowest BCUT2D eigenvalue weighted by Crippen LogP contribution is -2.20. The van der Waals surface area contributed by atoms with Gasteiger partial charge in [0, 0.05) is 11.6 Å². The predicted molar refractivity (Wildman–Crippen MR) is 109 cm³/mol. The Morgan fingerprint density at radius 1 is 1.14 bits per heavy atom. The normalized spacial score (nSPS) is 12.0. The number of H-pyrrole nitrogens is 1. The van der Waals surface area contributed by atoms with Crippen molar-refractivity contribution in [1.29, 1.82) is 0 Å². The number of aliphatic carboxylic acids is 1. The summed E-state index contributed by atoms with van der Waals surface area (Å²) in [6, 6.07) is 13.4. The number of carboxylic acids is 1. The van der Waals surface area contributed by atoms with Crippen molar-refractivity contribution in [2.75, 3.05) is 13.7 Å². The minimum Gasteiger partial charge on any atom is -0.497 e. The van der Waals surface area contributed by atoms with Gasteiger partial charge in [0.1, 0.15) is 11.5 Å². The van der Waals surface area contributed by atoms with E-state index in [1.165, 1.54) is 6.08 Å². The van der Waals surface area contributed by atoms with E-state index in [9.17, 15) is 14.4 Å². The number of ketones is 1. The zero-order valence-corrected chi connectivity index (χ0v) is 16.2. The number of aromatic amines is 1. The summed E-state index contributed by atoms with van der Waals surface area (Å²) in [4.78, 5) is 37.9. The van der Waals surface area contributed by atoms with Gasteiger partial charge in [0.25, 0.3) is 5.56 Å². The Labute approximate surface area is 169 Å². The first-order valence-corrected chi connectivity index (χ1v) is 9.32. The van der Waals surface area contributed by atoms with Crippen LogP contribution in [0.3, 0.4) is 0 Å². The van der Waals surface area contributed by atoms with Crippen molar-refractivity contribution in [1.82, 2.24) is 4.98 Å². The number of carboxylic acid groups (broad SMARTS) is 1. The number of benzene rings is 2. The minimum absolute atomic E-state index is 0.235. The Hall–Kier alpha value is -3.65. The first kappa shape index (κ1) is 20.1. The molecular formula is C21H17NO6S. The lowest BCUT2D eigenvalue weighted by molar-refractivity contribution is -0.139. The summed E-state index contributed by atoms with van der Waals surface area (Å²) in [5, 5.41) is 8.69. The maximum absolute atomic E-state index is 12.4. The molecule has 1 aromatic heterocycles. The van der Waals surface area contributed by atoms with Crippen molar-refractivity contribution in [3.63, 3.8) is 0 Å². The van der Waals surface area contributed by atoms with E-state index in [0.717, 1.165) is 11.3 Å². The Kier molecular flexibility index (Phi) is 6.25. The van der Waals surface area contributed by atoms with Crippen LogP contribution in [0.15, 0.2) is 53.3 Å². The van der Waals surface area contributed by atoms with Crippen LogP contribution in [0.5, 0.6) is 11.5 Å². The summed E-state index contributed by atoms with van der Waals surface area (Å²) in [7, 11) is 1.55. The van der Waals surface area contributed by atoms with Gasteiger partial charge in [0.15, 0.2) is 12.4 Å². The molecule has 0 saturated heterocycles. The smallest absolute Gasteiger partial charge is 0.341 e. The highest BCUT2D eigenvalue weighted by atomic mass is 32.1. The molecule has 7 nitrogen and oxygen atoms in total. The van der Waals surface area contributed by atoms with Crippen molar-refractivity contribution in [2.45, 2.75) is 0 Å². The number of hydrogen-bond donors (Lipinski definition) is 2. The van der Waals surface area contributed by atoms with Crippen LogP contribution in [0.25, 0.3) is 12.2 Å². The van der Waals surface area contributed by atoms with Gasteiger partial charge < -0.3 is 19.6 Å². The van der Waals surface area contributed by atoms with Crippen LogP contribution in [0.4, 0.5) is 0 Å². The van der Waals surface area contributed by atoms with Crippen LogP contribution in [-0.2, 0) is 4.79 Å². The van der Waals surface area contributed by atoms with Gasteiger partial charge in [-0.3, -0.25) is 9.59 Å². The third-order valence-electron chi connectivity index (χ3n) is 3.84. The monoisotopic (exact) mass is 411 g/mol. The molecule has 3 aromatic rings. The Balaban J connectivity index is 1.87.